The molecule has 2 heterocycles. The van der Waals surface area contributed by atoms with Crippen molar-refractivity contribution in [2.24, 2.45) is 5.73 Å². The van der Waals surface area contributed by atoms with Gasteiger partial charge in [-0.2, -0.15) is 0 Å². The van der Waals surface area contributed by atoms with E-state index < -0.39 is 5.79 Å². The van der Waals surface area contributed by atoms with Crippen molar-refractivity contribution in [3.8, 4) is 0 Å². The molecule has 1 aromatic rings. The van der Waals surface area contributed by atoms with E-state index in [1.807, 2.05) is 30.3 Å². The third kappa shape index (κ3) is 2.57. The Hall–Kier alpha value is -1.43. The quantitative estimate of drug-likeness (QED) is 0.896. The van der Waals surface area contributed by atoms with Crippen molar-refractivity contribution in [2.45, 2.75) is 24.7 Å². The summed E-state index contributed by atoms with van der Waals surface area (Å²) in [7, 11) is 0. The normalized spacial score (nSPS) is 23.8. The maximum atomic E-state index is 11.8. The van der Waals surface area contributed by atoms with Gasteiger partial charge in [-0.1, -0.05) is 30.3 Å². The zero-order valence-corrected chi connectivity index (χ0v) is 11.5. The van der Waals surface area contributed by atoms with Crippen LogP contribution in [0.3, 0.4) is 0 Å². The number of carbonyl (C=O) groups excluding carboxylic acids is 1. The van der Waals surface area contributed by atoms with Crippen LogP contribution >= 0.6 is 0 Å². The van der Waals surface area contributed by atoms with E-state index in [-0.39, 0.29) is 11.9 Å². The molecule has 2 saturated heterocycles. The largest absolute Gasteiger partial charge is 0.368 e. The lowest BCUT2D eigenvalue weighted by molar-refractivity contribution is -0.188. The number of hydrogen-bond donors (Lipinski definition) is 1. The highest BCUT2D eigenvalue weighted by Crippen LogP contribution is 2.34. The SMILES string of the molecule is NC(=O)[C@@H](c1ccccc1)N1CCC2(CC1)OCCO2. The van der Waals surface area contributed by atoms with Crippen molar-refractivity contribution < 1.29 is 14.3 Å². The molecule has 20 heavy (non-hydrogen) atoms. The van der Waals surface area contributed by atoms with Gasteiger partial charge in [0.1, 0.15) is 6.04 Å². The summed E-state index contributed by atoms with van der Waals surface area (Å²) >= 11 is 0. The number of nitrogens with zero attached hydrogens (tertiary/aromatic N) is 1. The zero-order chi connectivity index (χ0) is 14.0. The molecule has 0 bridgehead atoms. The van der Waals surface area contributed by atoms with Crippen LogP contribution in [0.1, 0.15) is 24.4 Å². The van der Waals surface area contributed by atoms with Crippen LogP contribution in [0, 0.1) is 0 Å². The molecular formula is C15H20N2O3. The summed E-state index contributed by atoms with van der Waals surface area (Å²) in [5.41, 5.74) is 6.55. The minimum absolute atomic E-state index is 0.305. The molecule has 2 fully saturated rings. The summed E-state index contributed by atoms with van der Waals surface area (Å²) in [6, 6.07) is 9.33. The second kappa shape index (κ2) is 5.52. The van der Waals surface area contributed by atoms with E-state index in [1.54, 1.807) is 0 Å². The Morgan fingerprint density at radius 3 is 2.30 bits per heavy atom. The smallest absolute Gasteiger partial charge is 0.239 e. The highest BCUT2D eigenvalue weighted by molar-refractivity contribution is 5.81. The van der Waals surface area contributed by atoms with Crippen molar-refractivity contribution in [1.29, 1.82) is 0 Å². The maximum Gasteiger partial charge on any atom is 0.239 e. The zero-order valence-electron chi connectivity index (χ0n) is 11.5. The van der Waals surface area contributed by atoms with Crippen molar-refractivity contribution in [3.63, 3.8) is 0 Å². The first kappa shape index (κ1) is 13.5. The number of likely N-dealkylation sites (tertiary alicyclic amines) is 1. The Balaban J connectivity index is 1.73. The van der Waals surface area contributed by atoms with E-state index in [1.165, 1.54) is 0 Å². The fourth-order valence-corrected chi connectivity index (χ4v) is 3.10. The van der Waals surface area contributed by atoms with Gasteiger partial charge < -0.3 is 15.2 Å². The Bertz CT molecular complexity index is 461. The van der Waals surface area contributed by atoms with Crippen molar-refractivity contribution in [3.05, 3.63) is 35.9 Å². The Labute approximate surface area is 118 Å². The lowest BCUT2D eigenvalue weighted by Crippen LogP contribution is -2.48. The number of nitrogens with two attached hydrogens (primary N) is 1. The number of rotatable bonds is 3. The first-order chi connectivity index (χ1) is 9.70. The van der Waals surface area contributed by atoms with Crippen molar-refractivity contribution >= 4 is 5.91 Å². The van der Waals surface area contributed by atoms with Gasteiger partial charge in [-0.25, -0.2) is 0 Å². The molecule has 1 spiro atoms. The Morgan fingerprint density at radius 1 is 1.15 bits per heavy atom. The van der Waals surface area contributed by atoms with Gasteiger partial charge in [0.05, 0.1) is 13.2 Å². The van der Waals surface area contributed by atoms with Crippen LogP contribution < -0.4 is 5.73 Å². The van der Waals surface area contributed by atoms with Crippen LogP contribution in [0.2, 0.25) is 0 Å². The molecular weight excluding hydrogens is 256 g/mol. The van der Waals surface area contributed by atoms with Gasteiger partial charge in [0, 0.05) is 25.9 Å². The Morgan fingerprint density at radius 2 is 1.75 bits per heavy atom. The molecule has 1 aromatic carbocycles. The van der Waals surface area contributed by atoms with Gasteiger partial charge >= 0.3 is 0 Å². The lowest BCUT2D eigenvalue weighted by atomic mass is 9.98. The topological polar surface area (TPSA) is 64.8 Å². The van der Waals surface area contributed by atoms with Gasteiger partial charge in [0.25, 0.3) is 0 Å². The van der Waals surface area contributed by atoms with Gasteiger partial charge in [-0.3, -0.25) is 9.69 Å². The number of benzene rings is 1. The molecule has 0 aliphatic carbocycles. The standard InChI is InChI=1S/C15H20N2O3/c16-14(18)13(12-4-2-1-3-5-12)17-8-6-15(7-9-17)19-10-11-20-15/h1-5,13H,6-11H2,(H2,16,18)/t13-/m1/s1. The number of hydrogen-bond acceptors (Lipinski definition) is 4. The molecule has 2 N–H and O–H groups in total. The lowest BCUT2D eigenvalue weighted by Gasteiger charge is -2.40. The number of piperidine rings is 1. The van der Waals surface area contributed by atoms with Crippen molar-refractivity contribution in [1.82, 2.24) is 4.90 Å². The van der Waals surface area contributed by atoms with E-state index in [0.29, 0.717) is 13.2 Å². The van der Waals surface area contributed by atoms with Crippen LogP contribution in [0.15, 0.2) is 30.3 Å². The van der Waals surface area contributed by atoms with Gasteiger partial charge in [0.15, 0.2) is 5.79 Å². The summed E-state index contributed by atoms with van der Waals surface area (Å²) in [4.78, 5) is 13.9. The molecule has 2 aliphatic rings. The van der Waals surface area contributed by atoms with E-state index in [0.717, 1.165) is 31.5 Å². The highest BCUT2D eigenvalue weighted by Gasteiger charge is 2.42. The molecule has 3 rings (SSSR count). The molecule has 0 aromatic heterocycles. The third-order valence-electron chi connectivity index (χ3n) is 4.12. The number of carbonyl (C=O) groups is 1. The molecule has 0 saturated carbocycles. The summed E-state index contributed by atoms with van der Waals surface area (Å²) in [5.74, 6) is -0.726. The monoisotopic (exact) mass is 276 g/mol. The summed E-state index contributed by atoms with van der Waals surface area (Å²) in [6.45, 7) is 2.83. The average Bonchev–Trinajstić information content (AvgIpc) is 2.91. The van der Waals surface area contributed by atoms with E-state index in [2.05, 4.69) is 4.90 Å². The van der Waals surface area contributed by atoms with Crippen molar-refractivity contribution in [2.75, 3.05) is 26.3 Å². The molecule has 0 radical (unpaired) electrons. The second-order valence-electron chi connectivity index (χ2n) is 5.36. The molecule has 1 atom stereocenters. The summed E-state index contributed by atoms with van der Waals surface area (Å²) in [5, 5.41) is 0. The van der Waals surface area contributed by atoms with E-state index in [9.17, 15) is 4.79 Å². The molecule has 5 heteroatoms. The fraction of sp³-hybridized carbons (Fsp3) is 0.533. The van der Waals surface area contributed by atoms with E-state index >= 15 is 0 Å². The van der Waals surface area contributed by atoms with Crippen LogP contribution in [-0.2, 0) is 14.3 Å². The summed E-state index contributed by atoms with van der Waals surface area (Å²) < 4.78 is 11.4. The number of primary amides is 1. The first-order valence-electron chi connectivity index (χ1n) is 7.06. The Kier molecular flexibility index (Phi) is 3.74. The highest BCUT2D eigenvalue weighted by atomic mass is 16.7. The third-order valence-corrected chi connectivity index (χ3v) is 4.12. The molecule has 1 amide bonds. The number of amides is 1. The number of ether oxygens (including phenoxy) is 2. The summed E-state index contributed by atoms with van der Waals surface area (Å²) in [6.07, 6.45) is 1.56. The predicted molar refractivity (Wildman–Crippen MR) is 73.8 cm³/mol. The molecule has 5 nitrogen and oxygen atoms in total. The average molecular weight is 276 g/mol. The van der Waals surface area contributed by atoms with Gasteiger partial charge in [-0.05, 0) is 5.56 Å². The fourth-order valence-electron chi connectivity index (χ4n) is 3.10. The molecule has 2 aliphatic heterocycles. The van der Waals surface area contributed by atoms with Gasteiger partial charge in [0.2, 0.25) is 5.91 Å². The molecule has 108 valence electrons. The molecule has 0 unspecified atom stereocenters. The minimum Gasteiger partial charge on any atom is -0.368 e. The van der Waals surface area contributed by atoms with E-state index in [4.69, 9.17) is 15.2 Å². The van der Waals surface area contributed by atoms with Crippen LogP contribution in [0.25, 0.3) is 0 Å². The van der Waals surface area contributed by atoms with Gasteiger partial charge in [-0.15, -0.1) is 0 Å². The first-order valence-corrected chi connectivity index (χ1v) is 7.06. The predicted octanol–water partition coefficient (Wildman–Crippen LogP) is 1.05. The maximum absolute atomic E-state index is 11.8. The van der Waals surface area contributed by atoms with Crippen LogP contribution in [0.5, 0.6) is 0 Å². The van der Waals surface area contributed by atoms with Crippen LogP contribution in [0.4, 0.5) is 0 Å². The minimum atomic E-state index is -0.421. The second-order valence-corrected chi connectivity index (χ2v) is 5.36. The van der Waals surface area contributed by atoms with Crippen LogP contribution in [-0.4, -0.2) is 42.9 Å².